The van der Waals surface area contributed by atoms with Gasteiger partial charge in [-0.15, -0.1) is 0 Å². The van der Waals surface area contributed by atoms with Gasteiger partial charge in [-0.25, -0.2) is 0 Å². The van der Waals surface area contributed by atoms with Gasteiger partial charge in [0.15, 0.2) is 23.0 Å². The van der Waals surface area contributed by atoms with E-state index in [1.54, 1.807) is 56.7 Å². The van der Waals surface area contributed by atoms with Gasteiger partial charge in [-0.1, -0.05) is 25.3 Å². The first-order valence-electron chi connectivity index (χ1n) is 10.3. The minimum atomic E-state index is -0.204. The van der Waals surface area contributed by atoms with Gasteiger partial charge in [-0.2, -0.15) is 5.26 Å². The van der Waals surface area contributed by atoms with Crippen LogP contribution in [0.15, 0.2) is 36.4 Å². The monoisotopic (exact) mass is 421 g/mol. The van der Waals surface area contributed by atoms with Crippen LogP contribution in [0.1, 0.15) is 43.2 Å². The van der Waals surface area contributed by atoms with Crippen LogP contribution in [0, 0.1) is 17.2 Å². The number of hydrogen-bond donors (Lipinski definition) is 0. The Kier molecular flexibility index (Phi) is 7.55. The summed E-state index contributed by atoms with van der Waals surface area (Å²) < 4.78 is 21.6. The third-order valence-electron chi connectivity index (χ3n) is 5.46. The van der Waals surface area contributed by atoms with Crippen LogP contribution in [0.3, 0.4) is 0 Å². The van der Waals surface area contributed by atoms with Gasteiger partial charge in [0.05, 0.1) is 38.9 Å². The summed E-state index contributed by atoms with van der Waals surface area (Å²) in [6.45, 7) is 0. The molecule has 0 saturated heterocycles. The zero-order chi connectivity index (χ0) is 22.2. The Labute approximate surface area is 183 Å². The van der Waals surface area contributed by atoms with Crippen LogP contribution in [0.5, 0.6) is 23.0 Å². The quantitative estimate of drug-likeness (QED) is 0.263. The molecule has 1 fully saturated rings. The van der Waals surface area contributed by atoms with E-state index in [0.717, 1.165) is 31.2 Å². The number of nitriles is 1. The number of esters is 1. The van der Waals surface area contributed by atoms with Crippen LogP contribution in [0.2, 0.25) is 0 Å². The van der Waals surface area contributed by atoms with E-state index in [2.05, 4.69) is 6.07 Å². The maximum absolute atomic E-state index is 12.5. The number of ether oxygens (including phenoxy) is 4. The average molecular weight is 421 g/mol. The fraction of sp³-hybridized carbons (Fsp3) is 0.360. The van der Waals surface area contributed by atoms with E-state index in [4.69, 9.17) is 18.9 Å². The summed E-state index contributed by atoms with van der Waals surface area (Å²) in [5.74, 6) is 1.72. The van der Waals surface area contributed by atoms with E-state index in [1.807, 2.05) is 0 Å². The van der Waals surface area contributed by atoms with Gasteiger partial charge in [0.1, 0.15) is 0 Å². The molecule has 162 valence electrons. The van der Waals surface area contributed by atoms with Gasteiger partial charge in [-0.05, 0) is 60.4 Å². The summed E-state index contributed by atoms with van der Waals surface area (Å²) in [6, 6.07) is 12.8. The van der Waals surface area contributed by atoms with Gasteiger partial charge < -0.3 is 18.9 Å². The molecule has 6 heteroatoms. The molecule has 31 heavy (non-hydrogen) atoms. The molecular formula is C25H27NO5. The lowest BCUT2D eigenvalue weighted by Gasteiger charge is -2.20. The maximum atomic E-state index is 12.5. The minimum absolute atomic E-state index is 0.0479. The smallest absolute Gasteiger partial charge is 0.314 e. The molecule has 0 aromatic heterocycles. The SMILES string of the molecule is COc1ccc(/C(C#N)=C\c2ccc(OC(=O)C3CCCCC3)c(OC)c2)cc1OC. The molecule has 1 aliphatic rings. The zero-order valence-corrected chi connectivity index (χ0v) is 18.1. The normalized spacial score (nSPS) is 14.5. The van der Waals surface area contributed by atoms with Crippen LogP contribution in [0.25, 0.3) is 11.6 Å². The first-order chi connectivity index (χ1) is 15.1. The standard InChI is InChI=1S/C25H27NO5/c1-28-21-12-10-19(15-24(21)30-3)20(16-26)13-17-9-11-22(23(14-17)29-2)31-25(27)18-7-5-4-6-8-18/h9-15,18H,4-8H2,1-3H3/b20-13-. The maximum Gasteiger partial charge on any atom is 0.314 e. The number of nitrogens with zero attached hydrogens (tertiary/aromatic N) is 1. The van der Waals surface area contributed by atoms with Crippen molar-refractivity contribution < 1.29 is 23.7 Å². The zero-order valence-electron chi connectivity index (χ0n) is 18.1. The molecule has 0 unspecified atom stereocenters. The summed E-state index contributed by atoms with van der Waals surface area (Å²) in [5.41, 5.74) is 1.91. The van der Waals surface area contributed by atoms with Crippen molar-refractivity contribution in [2.45, 2.75) is 32.1 Å². The average Bonchev–Trinajstić information content (AvgIpc) is 2.83. The second-order valence-electron chi connectivity index (χ2n) is 7.41. The lowest BCUT2D eigenvalue weighted by Crippen LogP contribution is -2.22. The lowest BCUT2D eigenvalue weighted by molar-refractivity contribution is -0.140. The van der Waals surface area contributed by atoms with Crippen LogP contribution in [0.4, 0.5) is 0 Å². The molecule has 0 N–H and O–H groups in total. The summed E-state index contributed by atoms with van der Waals surface area (Å²) in [5, 5.41) is 9.68. The highest BCUT2D eigenvalue weighted by Crippen LogP contribution is 2.34. The Balaban J connectivity index is 1.84. The van der Waals surface area contributed by atoms with Crippen molar-refractivity contribution in [1.82, 2.24) is 0 Å². The van der Waals surface area contributed by atoms with Gasteiger partial charge in [0, 0.05) is 0 Å². The van der Waals surface area contributed by atoms with Crippen LogP contribution in [-0.4, -0.2) is 27.3 Å². The van der Waals surface area contributed by atoms with E-state index in [1.165, 1.54) is 13.5 Å². The Hall–Kier alpha value is -3.46. The van der Waals surface area contributed by atoms with Crippen molar-refractivity contribution in [3.8, 4) is 29.1 Å². The van der Waals surface area contributed by atoms with E-state index in [0.29, 0.717) is 34.1 Å². The number of hydrogen-bond acceptors (Lipinski definition) is 6. The fourth-order valence-electron chi connectivity index (χ4n) is 3.74. The predicted molar refractivity (Wildman–Crippen MR) is 118 cm³/mol. The lowest BCUT2D eigenvalue weighted by atomic mass is 9.89. The van der Waals surface area contributed by atoms with E-state index < -0.39 is 0 Å². The first-order valence-corrected chi connectivity index (χ1v) is 10.3. The molecule has 3 rings (SSSR count). The van der Waals surface area contributed by atoms with Gasteiger partial charge in [0.2, 0.25) is 0 Å². The van der Waals surface area contributed by atoms with Crippen molar-refractivity contribution in [3.63, 3.8) is 0 Å². The topological polar surface area (TPSA) is 77.8 Å². The van der Waals surface area contributed by atoms with Gasteiger partial charge >= 0.3 is 5.97 Å². The first kappa shape index (κ1) is 22.2. The number of rotatable bonds is 7. The third kappa shape index (κ3) is 5.37. The highest BCUT2D eigenvalue weighted by atomic mass is 16.6. The Morgan fingerprint density at radius 1 is 0.903 bits per heavy atom. The Bertz CT molecular complexity index is 999. The highest BCUT2D eigenvalue weighted by molar-refractivity contribution is 5.90. The van der Waals surface area contributed by atoms with E-state index >= 15 is 0 Å². The van der Waals surface area contributed by atoms with Gasteiger partial charge in [0.25, 0.3) is 0 Å². The van der Waals surface area contributed by atoms with Crippen LogP contribution >= 0.6 is 0 Å². The molecule has 6 nitrogen and oxygen atoms in total. The molecule has 2 aromatic rings. The Morgan fingerprint density at radius 3 is 2.19 bits per heavy atom. The molecule has 0 heterocycles. The molecule has 0 atom stereocenters. The number of carbonyl (C=O) groups is 1. The predicted octanol–water partition coefficient (Wildman–Crippen LogP) is 5.26. The molecule has 0 bridgehead atoms. The van der Waals surface area contributed by atoms with Crippen molar-refractivity contribution >= 4 is 17.6 Å². The van der Waals surface area contributed by atoms with Crippen molar-refractivity contribution in [2.24, 2.45) is 5.92 Å². The summed E-state index contributed by atoms with van der Waals surface area (Å²) >= 11 is 0. The fourth-order valence-corrected chi connectivity index (χ4v) is 3.74. The number of carbonyl (C=O) groups excluding carboxylic acids is 1. The van der Waals surface area contributed by atoms with Crippen LogP contribution < -0.4 is 18.9 Å². The molecule has 0 spiro atoms. The molecule has 1 aliphatic carbocycles. The van der Waals surface area contributed by atoms with Crippen molar-refractivity contribution in [1.29, 1.82) is 5.26 Å². The molecule has 0 aliphatic heterocycles. The summed E-state index contributed by atoms with van der Waals surface area (Å²) in [7, 11) is 4.64. The van der Waals surface area contributed by atoms with E-state index in [-0.39, 0.29) is 11.9 Å². The molecule has 1 saturated carbocycles. The van der Waals surface area contributed by atoms with Gasteiger partial charge in [-0.3, -0.25) is 4.79 Å². The second-order valence-corrected chi connectivity index (χ2v) is 7.41. The van der Waals surface area contributed by atoms with Crippen molar-refractivity contribution in [3.05, 3.63) is 47.5 Å². The van der Waals surface area contributed by atoms with E-state index in [9.17, 15) is 10.1 Å². The minimum Gasteiger partial charge on any atom is -0.493 e. The highest BCUT2D eigenvalue weighted by Gasteiger charge is 2.24. The molecular weight excluding hydrogens is 394 g/mol. The number of methoxy groups -OCH3 is 3. The largest absolute Gasteiger partial charge is 0.493 e. The Morgan fingerprint density at radius 2 is 1.55 bits per heavy atom. The summed E-state index contributed by atoms with van der Waals surface area (Å²) in [4.78, 5) is 12.5. The summed E-state index contributed by atoms with van der Waals surface area (Å²) in [6.07, 6.45) is 6.80. The van der Waals surface area contributed by atoms with Crippen molar-refractivity contribution in [2.75, 3.05) is 21.3 Å². The molecule has 0 amide bonds. The molecule has 2 aromatic carbocycles. The third-order valence-corrected chi connectivity index (χ3v) is 5.46. The second kappa shape index (κ2) is 10.5. The van der Waals surface area contributed by atoms with Crippen LogP contribution in [-0.2, 0) is 4.79 Å². The number of benzene rings is 2. The number of allylic oxidation sites excluding steroid dienone is 1. The molecule has 0 radical (unpaired) electrons.